The van der Waals surface area contributed by atoms with E-state index in [9.17, 15) is 0 Å². The summed E-state index contributed by atoms with van der Waals surface area (Å²) in [5.41, 5.74) is 9.30. The number of nitrogens with zero attached hydrogens (tertiary/aromatic N) is 3. The van der Waals surface area contributed by atoms with E-state index in [1.807, 2.05) is 13.0 Å². The van der Waals surface area contributed by atoms with Gasteiger partial charge in [-0.1, -0.05) is 0 Å². The molecule has 0 aromatic carbocycles. The van der Waals surface area contributed by atoms with Crippen LogP contribution < -0.4 is 5.73 Å². The van der Waals surface area contributed by atoms with Gasteiger partial charge >= 0.3 is 0 Å². The number of nitrogens with two attached hydrogens (primary N) is 1. The summed E-state index contributed by atoms with van der Waals surface area (Å²) >= 11 is 0. The Kier molecular flexibility index (Phi) is 1.70. The fourth-order valence-electron chi connectivity index (χ4n) is 1.70. The van der Waals surface area contributed by atoms with Crippen LogP contribution in [-0.2, 0) is 0 Å². The van der Waals surface area contributed by atoms with E-state index in [1.165, 1.54) is 0 Å². The molecule has 0 bridgehead atoms. The number of aromatic amines is 2. The number of fused-ring (bicyclic) bond motifs is 1. The van der Waals surface area contributed by atoms with Gasteiger partial charge in [0.25, 0.3) is 0 Å². The second kappa shape index (κ2) is 3.06. The summed E-state index contributed by atoms with van der Waals surface area (Å²) in [5.74, 6) is 0.455. The average Bonchev–Trinajstić information content (AvgIpc) is 2.86. The number of H-pyrrole nitrogens is 2. The largest absolute Gasteiger partial charge is 0.382 e. The van der Waals surface area contributed by atoms with E-state index in [4.69, 9.17) is 5.73 Å². The maximum absolute atomic E-state index is 5.72. The fraction of sp³-hybridized carbons (Fsp3) is 0.100. The highest BCUT2D eigenvalue weighted by molar-refractivity contribution is 5.97. The SMILES string of the molecule is Cc1cc(-c2cncc3c(N)n[nH]c23)n[nH]1. The molecule has 3 heterocycles. The summed E-state index contributed by atoms with van der Waals surface area (Å²) < 4.78 is 0. The molecule has 0 unspecified atom stereocenters. The molecule has 0 fully saturated rings. The highest BCUT2D eigenvalue weighted by Crippen LogP contribution is 2.27. The number of rotatable bonds is 1. The van der Waals surface area contributed by atoms with Crippen LogP contribution >= 0.6 is 0 Å². The van der Waals surface area contributed by atoms with Crippen molar-refractivity contribution in [2.45, 2.75) is 6.92 Å². The molecular formula is C10H10N6. The Bertz CT molecular complexity index is 650. The van der Waals surface area contributed by atoms with Gasteiger partial charge in [0, 0.05) is 23.7 Å². The Hall–Kier alpha value is -2.37. The topological polar surface area (TPSA) is 96.3 Å². The van der Waals surface area contributed by atoms with Crippen LogP contribution in [0.3, 0.4) is 0 Å². The van der Waals surface area contributed by atoms with Crippen molar-refractivity contribution < 1.29 is 0 Å². The van der Waals surface area contributed by atoms with E-state index in [0.717, 1.165) is 27.9 Å². The van der Waals surface area contributed by atoms with Crippen LogP contribution in [0.2, 0.25) is 0 Å². The molecular weight excluding hydrogens is 204 g/mol. The molecule has 0 aliphatic carbocycles. The normalized spacial score (nSPS) is 11.1. The molecule has 6 nitrogen and oxygen atoms in total. The molecule has 3 aromatic rings. The van der Waals surface area contributed by atoms with Gasteiger partial charge in [0.2, 0.25) is 0 Å². The maximum Gasteiger partial charge on any atom is 0.154 e. The van der Waals surface area contributed by atoms with Crippen molar-refractivity contribution in [1.29, 1.82) is 0 Å². The standard InChI is InChI=1S/C10H10N6/c1-5-2-8(14-13-5)6-3-12-4-7-9(6)15-16-10(7)11/h2-4H,1H3,(H,13,14)(H3,11,15,16). The lowest BCUT2D eigenvalue weighted by Crippen LogP contribution is -1.85. The zero-order valence-corrected chi connectivity index (χ0v) is 8.65. The third kappa shape index (κ3) is 1.16. The van der Waals surface area contributed by atoms with Gasteiger partial charge in [-0.15, -0.1) is 0 Å². The molecule has 3 aromatic heterocycles. The number of aromatic nitrogens is 5. The Morgan fingerprint density at radius 2 is 2.06 bits per heavy atom. The minimum atomic E-state index is 0.455. The van der Waals surface area contributed by atoms with Crippen molar-refractivity contribution in [2.24, 2.45) is 0 Å². The smallest absolute Gasteiger partial charge is 0.154 e. The van der Waals surface area contributed by atoms with E-state index < -0.39 is 0 Å². The van der Waals surface area contributed by atoms with Gasteiger partial charge in [-0.2, -0.15) is 10.2 Å². The van der Waals surface area contributed by atoms with Gasteiger partial charge < -0.3 is 5.73 Å². The summed E-state index contributed by atoms with van der Waals surface area (Å²) in [5, 5.41) is 14.8. The molecule has 0 amide bonds. The fourth-order valence-corrected chi connectivity index (χ4v) is 1.70. The van der Waals surface area contributed by atoms with E-state index in [0.29, 0.717) is 5.82 Å². The number of anilines is 1. The number of nitrogen functional groups attached to an aromatic ring is 1. The van der Waals surface area contributed by atoms with E-state index >= 15 is 0 Å². The minimum Gasteiger partial charge on any atom is -0.382 e. The first-order chi connectivity index (χ1) is 7.75. The van der Waals surface area contributed by atoms with Crippen LogP contribution in [0.25, 0.3) is 22.2 Å². The predicted molar refractivity (Wildman–Crippen MR) is 60.6 cm³/mol. The Morgan fingerprint density at radius 1 is 1.19 bits per heavy atom. The van der Waals surface area contributed by atoms with Crippen LogP contribution in [0.5, 0.6) is 0 Å². The lowest BCUT2D eigenvalue weighted by atomic mass is 10.1. The van der Waals surface area contributed by atoms with Crippen LogP contribution in [-0.4, -0.2) is 25.4 Å². The quantitative estimate of drug-likeness (QED) is 0.567. The molecule has 3 rings (SSSR count). The second-order valence-electron chi connectivity index (χ2n) is 3.65. The van der Waals surface area contributed by atoms with E-state index in [1.54, 1.807) is 12.4 Å². The lowest BCUT2D eigenvalue weighted by molar-refractivity contribution is 1.05. The molecule has 0 aliphatic rings. The van der Waals surface area contributed by atoms with Gasteiger partial charge in [-0.05, 0) is 13.0 Å². The van der Waals surface area contributed by atoms with Crippen molar-refractivity contribution in [3.05, 3.63) is 24.2 Å². The zero-order chi connectivity index (χ0) is 11.1. The summed E-state index contributed by atoms with van der Waals surface area (Å²) in [6.07, 6.45) is 3.44. The maximum atomic E-state index is 5.72. The molecule has 0 atom stereocenters. The van der Waals surface area contributed by atoms with Gasteiger partial charge in [0.15, 0.2) is 5.82 Å². The summed E-state index contributed by atoms with van der Waals surface area (Å²) in [6, 6.07) is 1.95. The first-order valence-electron chi connectivity index (χ1n) is 4.85. The second-order valence-corrected chi connectivity index (χ2v) is 3.65. The molecule has 0 saturated heterocycles. The molecule has 4 N–H and O–H groups in total. The van der Waals surface area contributed by atoms with Crippen molar-refractivity contribution in [3.63, 3.8) is 0 Å². The van der Waals surface area contributed by atoms with Crippen molar-refractivity contribution >= 4 is 16.7 Å². The highest BCUT2D eigenvalue weighted by atomic mass is 15.2. The molecule has 80 valence electrons. The Morgan fingerprint density at radius 3 is 2.81 bits per heavy atom. The summed E-state index contributed by atoms with van der Waals surface area (Å²) in [6.45, 7) is 1.95. The number of hydrogen-bond acceptors (Lipinski definition) is 4. The lowest BCUT2D eigenvalue weighted by Gasteiger charge is -1.96. The number of nitrogens with one attached hydrogen (secondary N) is 2. The number of aryl methyl sites for hydroxylation is 1. The first kappa shape index (κ1) is 8.90. The Balaban J connectivity index is 2.31. The van der Waals surface area contributed by atoms with Crippen molar-refractivity contribution in [3.8, 4) is 11.3 Å². The van der Waals surface area contributed by atoms with Crippen LogP contribution in [0.15, 0.2) is 18.5 Å². The van der Waals surface area contributed by atoms with Gasteiger partial charge in [0.05, 0.1) is 16.6 Å². The number of hydrogen-bond donors (Lipinski definition) is 3. The minimum absolute atomic E-state index is 0.455. The first-order valence-corrected chi connectivity index (χ1v) is 4.85. The van der Waals surface area contributed by atoms with Gasteiger partial charge in [-0.3, -0.25) is 15.2 Å². The molecule has 16 heavy (non-hydrogen) atoms. The van der Waals surface area contributed by atoms with Gasteiger partial charge in [-0.25, -0.2) is 0 Å². The van der Waals surface area contributed by atoms with Crippen molar-refractivity contribution in [1.82, 2.24) is 25.4 Å². The summed E-state index contributed by atoms with van der Waals surface area (Å²) in [7, 11) is 0. The van der Waals surface area contributed by atoms with Crippen LogP contribution in [0, 0.1) is 6.92 Å². The Labute approximate surface area is 90.9 Å². The van der Waals surface area contributed by atoms with E-state index in [-0.39, 0.29) is 0 Å². The third-order valence-electron chi connectivity index (χ3n) is 2.49. The third-order valence-corrected chi connectivity index (χ3v) is 2.49. The molecule has 0 aliphatic heterocycles. The van der Waals surface area contributed by atoms with Crippen LogP contribution in [0.4, 0.5) is 5.82 Å². The number of pyridine rings is 1. The summed E-state index contributed by atoms with van der Waals surface area (Å²) in [4.78, 5) is 4.14. The monoisotopic (exact) mass is 214 g/mol. The molecule has 6 heteroatoms. The van der Waals surface area contributed by atoms with E-state index in [2.05, 4.69) is 25.4 Å². The molecule has 0 radical (unpaired) electrons. The molecule has 0 spiro atoms. The zero-order valence-electron chi connectivity index (χ0n) is 8.65. The highest BCUT2D eigenvalue weighted by Gasteiger charge is 2.11. The van der Waals surface area contributed by atoms with Gasteiger partial charge in [0.1, 0.15) is 0 Å². The van der Waals surface area contributed by atoms with Crippen molar-refractivity contribution in [2.75, 3.05) is 5.73 Å². The predicted octanol–water partition coefficient (Wildman–Crippen LogP) is 1.24. The molecule has 0 saturated carbocycles. The van der Waals surface area contributed by atoms with Crippen LogP contribution in [0.1, 0.15) is 5.69 Å². The average molecular weight is 214 g/mol.